The van der Waals surface area contributed by atoms with Gasteiger partial charge >= 0.3 is 12.2 Å². The molecule has 0 aromatic rings. The third kappa shape index (κ3) is 32.1. The van der Waals surface area contributed by atoms with E-state index in [1.54, 1.807) is 48.6 Å². The Balaban J connectivity index is 4.49. The van der Waals surface area contributed by atoms with Crippen LogP contribution in [0.15, 0.2) is 12.2 Å². The highest BCUT2D eigenvalue weighted by Crippen LogP contribution is 2.17. The highest BCUT2D eigenvalue weighted by molar-refractivity contribution is 5.87. The summed E-state index contributed by atoms with van der Waals surface area (Å²) in [5.41, 5.74) is -1.30. The minimum atomic E-state index is -0.806. The van der Waals surface area contributed by atoms with Crippen molar-refractivity contribution in [2.75, 3.05) is 20.1 Å². The van der Waals surface area contributed by atoms with Gasteiger partial charge in [-0.2, -0.15) is 0 Å². The second-order valence-corrected chi connectivity index (χ2v) is 16.3. The quantitative estimate of drug-likeness (QED) is 0.0422. The molecule has 11 heteroatoms. The zero-order valence-electron chi connectivity index (χ0n) is 34.9. The molecule has 4 N–H and O–H groups in total. The van der Waals surface area contributed by atoms with Crippen LogP contribution in [-0.4, -0.2) is 67.2 Å². The first kappa shape index (κ1) is 49.9. The van der Waals surface area contributed by atoms with E-state index in [9.17, 15) is 24.0 Å². The van der Waals surface area contributed by atoms with Crippen molar-refractivity contribution in [2.24, 2.45) is 5.92 Å². The molecule has 0 aliphatic carbocycles. The Kier molecular flexibility index (Phi) is 28.5. The van der Waals surface area contributed by atoms with Gasteiger partial charge in [-0.25, -0.2) is 9.59 Å². The second kappa shape index (κ2) is 30.2. The molecule has 0 bridgehead atoms. The minimum absolute atomic E-state index is 0.127. The third-order valence-corrected chi connectivity index (χ3v) is 8.68. The van der Waals surface area contributed by atoms with E-state index in [2.05, 4.69) is 40.3 Å². The lowest BCUT2D eigenvalue weighted by atomic mass is 9.93. The van der Waals surface area contributed by atoms with Crippen LogP contribution in [-0.2, 0) is 23.9 Å². The van der Waals surface area contributed by atoms with Crippen molar-refractivity contribution in [2.45, 2.75) is 201 Å². The molecule has 53 heavy (non-hydrogen) atoms. The Morgan fingerprint density at radius 1 is 0.585 bits per heavy atom. The first-order valence-corrected chi connectivity index (χ1v) is 20.7. The number of ketones is 1. The van der Waals surface area contributed by atoms with Gasteiger partial charge in [0.15, 0.2) is 0 Å². The molecular weight excluding hydrogens is 672 g/mol. The summed E-state index contributed by atoms with van der Waals surface area (Å²) in [5, 5.41) is 11.0. The van der Waals surface area contributed by atoms with E-state index in [0.29, 0.717) is 58.0 Å². The third-order valence-electron chi connectivity index (χ3n) is 8.68. The van der Waals surface area contributed by atoms with E-state index in [-0.39, 0.29) is 29.9 Å². The molecule has 2 atom stereocenters. The van der Waals surface area contributed by atoms with Gasteiger partial charge in [0.25, 0.3) is 0 Å². The predicted molar refractivity (Wildman–Crippen MR) is 215 cm³/mol. The standard InChI is InChI=1S/C42H78N4O7/c1-9-10-11-12-13-14-15-16-17-18-19-20-21-22-23-29-35(47)33-34(37(48)43-8)28-24-26-31-44-38(49)36(46-40(51)53-42(5,6)7)30-25-27-32-45-39(50)52-41(2,3)4/h16-17,34,36H,9-15,18-33H2,1-8H3,(H,43,48)(H,44,49)(H,45,50)(H,46,51). The average molecular weight is 751 g/mol. The number of nitrogens with one attached hydrogen (secondary N) is 4. The molecule has 0 radical (unpaired) electrons. The highest BCUT2D eigenvalue weighted by Gasteiger charge is 2.25. The molecule has 0 spiro atoms. The van der Waals surface area contributed by atoms with Crippen LogP contribution >= 0.6 is 0 Å². The van der Waals surface area contributed by atoms with Crippen LogP contribution in [0.5, 0.6) is 0 Å². The number of rotatable bonds is 30. The van der Waals surface area contributed by atoms with Gasteiger partial charge in [0, 0.05) is 38.9 Å². The van der Waals surface area contributed by atoms with Crippen LogP contribution in [0.3, 0.4) is 0 Å². The molecule has 0 aliphatic rings. The van der Waals surface area contributed by atoms with Crippen LogP contribution in [0.1, 0.15) is 183 Å². The van der Waals surface area contributed by atoms with Crippen LogP contribution < -0.4 is 21.3 Å². The van der Waals surface area contributed by atoms with Crippen molar-refractivity contribution >= 4 is 29.8 Å². The molecule has 0 aromatic carbocycles. The van der Waals surface area contributed by atoms with Gasteiger partial charge in [-0.1, -0.05) is 76.9 Å². The largest absolute Gasteiger partial charge is 0.444 e. The van der Waals surface area contributed by atoms with Crippen LogP contribution in [0.25, 0.3) is 0 Å². The molecule has 0 heterocycles. The number of Topliss-reactive ketones (excluding diaryl/α,β-unsaturated/α-hetero) is 1. The number of carbonyl (C=O) groups excluding carboxylic acids is 5. The van der Waals surface area contributed by atoms with Crippen molar-refractivity contribution in [3.8, 4) is 0 Å². The molecule has 0 saturated carbocycles. The molecule has 11 nitrogen and oxygen atoms in total. The molecule has 0 aromatic heterocycles. The van der Waals surface area contributed by atoms with Gasteiger partial charge in [0.2, 0.25) is 11.8 Å². The van der Waals surface area contributed by atoms with E-state index in [4.69, 9.17) is 9.47 Å². The van der Waals surface area contributed by atoms with Crippen LogP contribution in [0.4, 0.5) is 9.59 Å². The zero-order chi connectivity index (χ0) is 40.0. The smallest absolute Gasteiger partial charge is 0.408 e. The van der Waals surface area contributed by atoms with Crippen molar-refractivity contribution in [3.05, 3.63) is 12.2 Å². The first-order valence-electron chi connectivity index (χ1n) is 20.7. The number of unbranched alkanes of at least 4 members (excludes halogenated alkanes) is 13. The van der Waals surface area contributed by atoms with E-state index < -0.39 is 29.4 Å². The van der Waals surface area contributed by atoms with E-state index in [1.807, 2.05) is 0 Å². The number of hydrogen-bond acceptors (Lipinski definition) is 7. The Morgan fingerprint density at radius 3 is 1.66 bits per heavy atom. The fourth-order valence-corrected chi connectivity index (χ4v) is 5.85. The zero-order valence-corrected chi connectivity index (χ0v) is 34.9. The van der Waals surface area contributed by atoms with Gasteiger partial charge in [-0.05, 0) is 106 Å². The Hall–Kier alpha value is -3.11. The van der Waals surface area contributed by atoms with Crippen LogP contribution in [0.2, 0.25) is 0 Å². The summed E-state index contributed by atoms with van der Waals surface area (Å²) in [6, 6.07) is -0.806. The number of carbonyl (C=O) groups is 5. The molecule has 4 amide bonds. The maximum atomic E-state index is 13.1. The van der Waals surface area contributed by atoms with E-state index in [1.165, 1.54) is 57.8 Å². The van der Waals surface area contributed by atoms with Crippen molar-refractivity contribution < 1.29 is 33.4 Å². The number of hydrogen-bond donors (Lipinski definition) is 4. The molecule has 308 valence electrons. The van der Waals surface area contributed by atoms with E-state index >= 15 is 0 Å². The second-order valence-electron chi connectivity index (χ2n) is 16.3. The first-order chi connectivity index (χ1) is 25.1. The highest BCUT2D eigenvalue weighted by atomic mass is 16.6. The predicted octanol–water partition coefficient (Wildman–Crippen LogP) is 9.22. The normalized spacial score (nSPS) is 12.9. The van der Waals surface area contributed by atoms with Gasteiger partial charge in [-0.15, -0.1) is 0 Å². The lowest BCUT2D eigenvalue weighted by molar-refractivity contribution is -0.129. The number of ether oxygens (including phenoxy) is 2. The maximum Gasteiger partial charge on any atom is 0.408 e. The topological polar surface area (TPSA) is 152 Å². The number of amides is 4. The SMILES string of the molecule is CCCCCCCCC=CCCCCCCCC(=O)CC(CCCCNC(=O)C(CCCCNC(=O)OC(C)(C)C)NC(=O)OC(C)(C)C)C(=O)NC. The summed E-state index contributed by atoms with van der Waals surface area (Å²) in [5.74, 6) is -0.715. The lowest BCUT2D eigenvalue weighted by Gasteiger charge is -2.23. The summed E-state index contributed by atoms with van der Waals surface area (Å²) in [4.78, 5) is 62.7. The Bertz CT molecular complexity index is 1050. The summed E-state index contributed by atoms with van der Waals surface area (Å²) >= 11 is 0. The number of alkyl carbamates (subject to hydrolysis) is 2. The molecule has 2 unspecified atom stereocenters. The fraction of sp³-hybridized carbons (Fsp3) is 0.833. The lowest BCUT2D eigenvalue weighted by Crippen LogP contribution is -2.48. The summed E-state index contributed by atoms with van der Waals surface area (Å²) in [6.07, 6.45) is 23.3. The molecule has 0 aliphatic heterocycles. The Labute approximate surface area is 322 Å². The van der Waals surface area contributed by atoms with Gasteiger partial charge in [-0.3, -0.25) is 14.4 Å². The molecule has 0 fully saturated rings. The molecule has 0 rings (SSSR count). The summed E-state index contributed by atoms with van der Waals surface area (Å²) in [6.45, 7) is 13.6. The maximum absolute atomic E-state index is 13.1. The number of allylic oxidation sites excluding steroid dienone is 2. The average Bonchev–Trinajstić information content (AvgIpc) is 3.06. The van der Waals surface area contributed by atoms with Crippen molar-refractivity contribution in [3.63, 3.8) is 0 Å². The van der Waals surface area contributed by atoms with E-state index in [0.717, 1.165) is 25.7 Å². The monoisotopic (exact) mass is 751 g/mol. The van der Waals surface area contributed by atoms with Gasteiger partial charge in [0.05, 0.1) is 0 Å². The van der Waals surface area contributed by atoms with Gasteiger partial charge < -0.3 is 30.7 Å². The Morgan fingerprint density at radius 2 is 1.09 bits per heavy atom. The van der Waals surface area contributed by atoms with Crippen molar-refractivity contribution in [1.29, 1.82) is 0 Å². The van der Waals surface area contributed by atoms with Crippen LogP contribution in [0, 0.1) is 5.92 Å². The summed E-state index contributed by atoms with van der Waals surface area (Å²) < 4.78 is 10.6. The fourth-order valence-electron chi connectivity index (χ4n) is 5.85. The molecule has 0 saturated heterocycles. The molecular formula is C42H78N4O7. The van der Waals surface area contributed by atoms with Gasteiger partial charge in [0.1, 0.15) is 23.0 Å². The van der Waals surface area contributed by atoms with Crippen molar-refractivity contribution in [1.82, 2.24) is 21.3 Å². The summed E-state index contributed by atoms with van der Waals surface area (Å²) in [7, 11) is 1.59. The minimum Gasteiger partial charge on any atom is -0.444 e.